The van der Waals surface area contributed by atoms with E-state index in [4.69, 9.17) is 5.73 Å². The number of hydrogen-bond donors (Lipinski definition) is 2. The number of rotatable bonds is 2. The first-order valence-electron chi connectivity index (χ1n) is 5.00. The first-order chi connectivity index (χ1) is 7.45. The normalized spacial score (nSPS) is 25.0. The minimum absolute atomic E-state index is 0.144. The quantitative estimate of drug-likeness (QED) is 0.818. The molecular weight excluding hydrogens is 219 g/mol. The van der Waals surface area contributed by atoms with E-state index in [9.17, 15) is 13.2 Å². The second kappa shape index (κ2) is 3.93. The largest absolute Gasteiger partial charge is 0.416 e. The monoisotopic (exact) mass is 231 g/mol. The van der Waals surface area contributed by atoms with E-state index in [1.54, 1.807) is 0 Å². The summed E-state index contributed by atoms with van der Waals surface area (Å²) in [6, 6.07) is 2.27. The maximum Gasteiger partial charge on any atom is 0.416 e. The molecule has 88 valence electrons. The molecule has 0 aliphatic heterocycles. The highest BCUT2D eigenvalue weighted by Gasteiger charge is 2.31. The summed E-state index contributed by atoms with van der Waals surface area (Å²) in [6.07, 6.45) is -1.62. The SMILES string of the molecule is NC1CC(Nc2cc(C(F)(F)F)ccn2)C1. The standard InChI is InChI=1S/C10H12F3N3/c11-10(12,13)6-1-2-15-9(3-6)16-8-4-7(14)5-8/h1-3,7-8H,4-5,14H2,(H,15,16). The molecule has 1 aromatic heterocycles. The highest BCUT2D eigenvalue weighted by atomic mass is 19.4. The van der Waals surface area contributed by atoms with Crippen molar-refractivity contribution >= 4 is 5.82 Å². The third-order valence-corrected chi connectivity index (χ3v) is 2.61. The van der Waals surface area contributed by atoms with Crippen LogP contribution in [0.1, 0.15) is 18.4 Å². The highest BCUT2D eigenvalue weighted by Crippen LogP contribution is 2.30. The van der Waals surface area contributed by atoms with Crippen molar-refractivity contribution in [2.75, 3.05) is 5.32 Å². The van der Waals surface area contributed by atoms with Crippen molar-refractivity contribution in [1.82, 2.24) is 4.98 Å². The molecule has 0 saturated heterocycles. The van der Waals surface area contributed by atoms with Crippen molar-refractivity contribution in [1.29, 1.82) is 0 Å². The van der Waals surface area contributed by atoms with Crippen molar-refractivity contribution in [2.24, 2.45) is 5.73 Å². The van der Waals surface area contributed by atoms with Gasteiger partial charge in [0.15, 0.2) is 0 Å². The maximum atomic E-state index is 12.4. The van der Waals surface area contributed by atoms with E-state index in [1.165, 1.54) is 0 Å². The molecule has 1 heterocycles. The first kappa shape index (κ1) is 11.2. The van der Waals surface area contributed by atoms with Gasteiger partial charge in [-0.1, -0.05) is 0 Å². The Morgan fingerprint density at radius 3 is 2.62 bits per heavy atom. The van der Waals surface area contributed by atoms with Crippen molar-refractivity contribution in [2.45, 2.75) is 31.1 Å². The van der Waals surface area contributed by atoms with E-state index in [0.29, 0.717) is 0 Å². The molecule has 2 rings (SSSR count). The van der Waals surface area contributed by atoms with Crippen LogP contribution in [0.5, 0.6) is 0 Å². The van der Waals surface area contributed by atoms with Gasteiger partial charge in [0.1, 0.15) is 5.82 Å². The number of nitrogens with zero attached hydrogens (tertiary/aromatic N) is 1. The second-order valence-electron chi connectivity index (χ2n) is 4.00. The zero-order valence-electron chi connectivity index (χ0n) is 8.46. The summed E-state index contributed by atoms with van der Waals surface area (Å²) in [4.78, 5) is 3.85. The van der Waals surface area contributed by atoms with Crippen molar-refractivity contribution in [3.8, 4) is 0 Å². The fourth-order valence-electron chi connectivity index (χ4n) is 1.67. The van der Waals surface area contributed by atoms with Gasteiger partial charge in [-0.15, -0.1) is 0 Å². The lowest BCUT2D eigenvalue weighted by atomic mass is 9.88. The molecule has 1 saturated carbocycles. The topological polar surface area (TPSA) is 50.9 Å². The third kappa shape index (κ3) is 2.44. The Hall–Kier alpha value is -1.30. The van der Waals surface area contributed by atoms with E-state index in [1.807, 2.05) is 0 Å². The van der Waals surface area contributed by atoms with Gasteiger partial charge in [0.25, 0.3) is 0 Å². The van der Waals surface area contributed by atoms with Crippen LogP contribution in [-0.2, 0) is 6.18 Å². The predicted octanol–water partition coefficient (Wildman–Crippen LogP) is 2.00. The molecule has 1 aliphatic rings. The molecular formula is C10H12F3N3. The molecule has 0 atom stereocenters. The molecule has 3 N–H and O–H groups in total. The fourth-order valence-corrected chi connectivity index (χ4v) is 1.67. The summed E-state index contributed by atoms with van der Waals surface area (Å²) in [5.41, 5.74) is 4.89. The van der Waals surface area contributed by atoms with Crippen LogP contribution in [0.2, 0.25) is 0 Å². The van der Waals surface area contributed by atoms with Gasteiger partial charge in [-0.05, 0) is 25.0 Å². The van der Waals surface area contributed by atoms with Crippen LogP contribution >= 0.6 is 0 Å². The molecule has 1 fully saturated rings. The molecule has 3 nitrogen and oxygen atoms in total. The van der Waals surface area contributed by atoms with Crippen LogP contribution in [0, 0.1) is 0 Å². The van der Waals surface area contributed by atoms with Crippen LogP contribution in [-0.4, -0.2) is 17.1 Å². The molecule has 0 amide bonds. The molecule has 0 unspecified atom stereocenters. The number of aromatic nitrogens is 1. The maximum absolute atomic E-state index is 12.4. The van der Waals surface area contributed by atoms with E-state index >= 15 is 0 Å². The van der Waals surface area contributed by atoms with Gasteiger partial charge in [0.05, 0.1) is 5.56 Å². The second-order valence-corrected chi connectivity index (χ2v) is 4.00. The average molecular weight is 231 g/mol. The Labute approximate surface area is 90.9 Å². The molecule has 0 bridgehead atoms. The van der Waals surface area contributed by atoms with E-state index < -0.39 is 11.7 Å². The van der Waals surface area contributed by atoms with Gasteiger partial charge in [-0.2, -0.15) is 13.2 Å². The Morgan fingerprint density at radius 1 is 1.38 bits per heavy atom. The summed E-state index contributed by atoms with van der Waals surface area (Å²) < 4.78 is 37.2. The van der Waals surface area contributed by atoms with Gasteiger partial charge >= 0.3 is 6.18 Å². The summed E-state index contributed by atoms with van der Waals surface area (Å²) in [5, 5.41) is 2.93. The number of hydrogen-bond acceptors (Lipinski definition) is 3. The van der Waals surface area contributed by atoms with Gasteiger partial charge in [0.2, 0.25) is 0 Å². The summed E-state index contributed by atoms with van der Waals surface area (Å²) in [5.74, 6) is 0.256. The van der Waals surface area contributed by atoms with Crippen LogP contribution in [0.4, 0.5) is 19.0 Å². The van der Waals surface area contributed by atoms with Crippen molar-refractivity contribution in [3.63, 3.8) is 0 Å². The molecule has 0 radical (unpaired) electrons. The molecule has 0 spiro atoms. The number of halogens is 3. The third-order valence-electron chi connectivity index (χ3n) is 2.61. The van der Waals surface area contributed by atoms with E-state index in [0.717, 1.165) is 31.2 Å². The summed E-state index contributed by atoms with van der Waals surface area (Å²) >= 11 is 0. The number of pyridine rings is 1. The Bertz CT molecular complexity index is 372. The average Bonchev–Trinajstić information content (AvgIpc) is 2.14. The van der Waals surface area contributed by atoms with E-state index in [2.05, 4.69) is 10.3 Å². The van der Waals surface area contributed by atoms with Gasteiger partial charge in [-0.25, -0.2) is 4.98 Å². The van der Waals surface area contributed by atoms with Crippen LogP contribution < -0.4 is 11.1 Å². The highest BCUT2D eigenvalue weighted by molar-refractivity contribution is 5.40. The Balaban J connectivity index is 2.05. The molecule has 1 aromatic rings. The smallest absolute Gasteiger partial charge is 0.367 e. The lowest BCUT2D eigenvalue weighted by Crippen LogP contribution is -2.44. The number of nitrogens with two attached hydrogens (primary N) is 1. The summed E-state index contributed by atoms with van der Waals surface area (Å²) in [7, 11) is 0. The molecule has 0 aromatic carbocycles. The van der Waals surface area contributed by atoms with Gasteiger partial charge in [-0.3, -0.25) is 0 Å². The van der Waals surface area contributed by atoms with E-state index in [-0.39, 0.29) is 17.9 Å². The number of anilines is 1. The van der Waals surface area contributed by atoms with Crippen LogP contribution in [0.25, 0.3) is 0 Å². The number of alkyl halides is 3. The Morgan fingerprint density at radius 2 is 2.06 bits per heavy atom. The molecule has 6 heteroatoms. The minimum atomic E-state index is -4.32. The first-order valence-corrected chi connectivity index (χ1v) is 5.00. The molecule has 1 aliphatic carbocycles. The fraction of sp³-hybridized carbons (Fsp3) is 0.500. The Kier molecular flexibility index (Phi) is 2.75. The van der Waals surface area contributed by atoms with Gasteiger partial charge in [0, 0.05) is 18.3 Å². The van der Waals surface area contributed by atoms with Crippen molar-refractivity contribution in [3.05, 3.63) is 23.9 Å². The van der Waals surface area contributed by atoms with Crippen molar-refractivity contribution < 1.29 is 13.2 Å². The summed E-state index contributed by atoms with van der Waals surface area (Å²) in [6.45, 7) is 0. The van der Waals surface area contributed by atoms with Crippen LogP contribution in [0.3, 0.4) is 0 Å². The zero-order chi connectivity index (χ0) is 11.8. The van der Waals surface area contributed by atoms with Crippen LogP contribution in [0.15, 0.2) is 18.3 Å². The predicted molar refractivity (Wildman–Crippen MR) is 53.9 cm³/mol. The lowest BCUT2D eigenvalue weighted by molar-refractivity contribution is -0.137. The minimum Gasteiger partial charge on any atom is -0.367 e. The zero-order valence-corrected chi connectivity index (χ0v) is 8.46. The lowest BCUT2D eigenvalue weighted by Gasteiger charge is -2.33. The molecule has 16 heavy (non-hydrogen) atoms. The number of nitrogens with one attached hydrogen (secondary N) is 1. The van der Waals surface area contributed by atoms with Gasteiger partial charge < -0.3 is 11.1 Å².